The molecule has 0 heterocycles. The minimum atomic E-state index is -0.570. The summed E-state index contributed by atoms with van der Waals surface area (Å²) in [5, 5.41) is 3.93. The van der Waals surface area contributed by atoms with E-state index in [1.54, 1.807) is 12.1 Å². The maximum Gasteiger partial charge on any atom is 0.255 e. The minimum Gasteiger partial charge on any atom is -0.490 e. The molecule has 1 rings (SSSR count). The molecule has 0 unspecified atom stereocenters. The molecule has 9 heteroatoms. The number of benzene rings is 1. The van der Waals surface area contributed by atoms with E-state index in [2.05, 4.69) is 38.7 Å². The lowest BCUT2D eigenvalue weighted by molar-refractivity contribution is -0.119. The van der Waals surface area contributed by atoms with Gasteiger partial charge in [-0.3, -0.25) is 10.2 Å². The topological polar surface area (TPSA) is 112 Å². The molecular formula is C12H15BrN4O3S. The van der Waals surface area contributed by atoms with Crippen molar-refractivity contribution in [2.75, 3.05) is 13.2 Å². The summed E-state index contributed by atoms with van der Waals surface area (Å²) in [6.45, 7) is 2.04. The van der Waals surface area contributed by atoms with Crippen molar-refractivity contribution in [3.63, 3.8) is 0 Å². The Bertz CT molecular complexity index is 566. The van der Waals surface area contributed by atoms with Gasteiger partial charge < -0.3 is 20.9 Å². The summed E-state index contributed by atoms with van der Waals surface area (Å²) in [6, 6.07) is 3.37. The summed E-state index contributed by atoms with van der Waals surface area (Å²) in [5.74, 6) is 0.306. The van der Waals surface area contributed by atoms with Gasteiger partial charge >= 0.3 is 0 Å². The number of hydrogen-bond donors (Lipinski definition) is 3. The van der Waals surface area contributed by atoms with Crippen molar-refractivity contribution in [1.29, 1.82) is 0 Å². The first-order chi connectivity index (χ1) is 9.93. The number of primary amides is 1. The molecule has 0 bridgehead atoms. The highest BCUT2D eigenvalue weighted by atomic mass is 79.9. The fourth-order valence-electron chi connectivity index (χ4n) is 1.35. The highest BCUT2D eigenvalue weighted by molar-refractivity contribution is 9.10. The van der Waals surface area contributed by atoms with Gasteiger partial charge in [-0.1, -0.05) is 0 Å². The molecule has 0 spiro atoms. The van der Waals surface area contributed by atoms with E-state index in [1.807, 2.05) is 6.92 Å². The van der Waals surface area contributed by atoms with Crippen LogP contribution in [0.15, 0.2) is 21.7 Å². The van der Waals surface area contributed by atoms with Crippen LogP contribution >= 0.6 is 28.1 Å². The number of halogens is 1. The number of nitrogens with one attached hydrogen (secondary N) is 1. The Kier molecular flexibility index (Phi) is 6.89. The lowest BCUT2D eigenvalue weighted by Crippen LogP contribution is -2.24. The molecule has 1 aromatic carbocycles. The van der Waals surface area contributed by atoms with Gasteiger partial charge in [-0.2, -0.15) is 5.10 Å². The summed E-state index contributed by atoms with van der Waals surface area (Å²) in [4.78, 5) is 10.8. The van der Waals surface area contributed by atoms with Crippen LogP contribution in [0.4, 0.5) is 0 Å². The molecule has 114 valence electrons. The number of hydrazone groups is 1. The largest absolute Gasteiger partial charge is 0.490 e. The number of thiocarbonyl (C=S) groups is 1. The summed E-state index contributed by atoms with van der Waals surface area (Å²) in [6.07, 6.45) is 1.52. The molecule has 7 nitrogen and oxygen atoms in total. The quantitative estimate of drug-likeness (QED) is 0.371. The Labute approximate surface area is 135 Å². The Balaban J connectivity index is 3.01. The van der Waals surface area contributed by atoms with Gasteiger partial charge in [0.1, 0.15) is 0 Å². The number of rotatable bonds is 7. The third kappa shape index (κ3) is 5.96. The Hall–Kier alpha value is -1.87. The predicted molar refractivity (Wildman–Crippen MR) is 87.5 cm³/mol. The molecule has 1 amide bonds. The number of amides is 1. The number of carbonyl (C=O) groups excluding carboxylic acids is 1. The summed E-state index contributed by atoms with van der Waals surface area (Å²) in [7, 11) is 0. The lowest BCUT2D eigenvalue weighted by atomic mass is 10.2. The van der Waals surface area contributed by atoms with Crippen molar-refractivity contribution < 1.29 is 14.3 Å². The average Bonchev–Trinajstić information content (AvgIpc) is 2.40. The van der Waals surface area contributed by atoms with Gasteiger partial charge in [0.15, 0.2) is 23.2 Å². The molecule has 0 aliphatic rings. The van der Waals surface area contributed by atoms with Gasteiger partial charge in [-0.15, -0.1) is 0 Å². The molecule has 0 aliphatic heterocycles. The number of nitrogens with two attached hydrogens (primary N) is 2. The standard InChI is InChI=1S/C12H15BrN4O3S/c1-2-19-9-3-7(5-16-17-12(15)21)8(13)4-10(9)20-6-11(14)18/h3-5H,2,6H2,1H3,(H2,14,18)(H3,15,17,21)/b16-5+. The Morgan fingerprint density at radius 3 is 2.67 bits per heavy atom. The van der Waals surface area contributed by atoms with Gasteiger partial charge in [0, 0.05) is 10.0 Å². The second-order valence-electron chi connectivity index (χ2n) is 3.74. The van der Waals surface area contributed by atoms with Crippen LogP contribution in [-0.2, 0) is 4.79 Å². The second kappa shape index (κ2) is 8.42. The first-order valence-electron chi connectivity index (χ1n) is 5.90. The Morgan fingerprint density at radius 1 is 1.43 bits per heavy atom. The van der Waals surface area contributed by atoms with E-state index in [9.17, 15) is 4.79 Å². The van der Waals surface area contributed by atoms with E-state index >= 15 is 0 Å². The van der Waals surface area contributed by atoms with Crippen LogP contribution in [0.5, 0.6) is 11.5 Å². The highest BCUT2D eigenvalue weighted by Gasteiger charge is 2.11. The molecule has 0 atom stereocenters. The second-order valence-corrected chi connectivity index (χ2v) is 5.04. The molecule has 1 aromatic rings. The summed E-state index contributed by atoms with van der Waals surface area (Å²) in [5.41, 5.74) is 13.5. The average molecular weight is 375 g/mol. The highest BCUT2D eigenvalue weighted by Crippen LogP contribution is 2.33. The van der Waals surface area contributed by atoms with Gasteiger partial charge in [-0.05, 0) is 47.2 Å². The first-order valence-corrected chi connectivity index (χ1v) is 7.10. The van der Waals surface area contributed by atoms with E-state index < -0.39 is 5.91 Å². The molecule has 0 saturated heterocycles. The SMILES string of the molecule is CCOc1cc(/C=N/NC(N)=S)c(Br)cc1OCC(N)=O. The maximum atomic E-state index is 10.8. The van der Waals surface area contributed by atoms with Gasteiger partial charge in [-0.25, -0.2) is 0 Å². The maximum absolute atomic E-state index is 10.8. The molecule has 0 radical (unpaired) electrons. The van der Waals surface area contributed by atoms with Gasteiger partial charge in [0.05, 0.1) is 12.8 Å². The third-order valence-corrected chi connectivity index (χ3v) is 2.89. The van der Waals surface area contributed by atoms with Crippen LogP contribution in [0.3, 0.4) is 0 Å². The van der Waals surface area contributed by atoms with Gasteiger partial charge in [0.25, 0.3) is 5.91 Å². The van der Waals surface area contributed by atoms with Crippen LogP contribution in [0.1, 0.15) is 12.5 Å². The summed E-state index contributed by atoms with van der Waals surface area (Å²) < 4.78 is 11.5. The van der Waals surface area contributed by atoms with Crippen LogP contribution in [-0.4, -0.2) is 30.4 Å². The molecule has 21 heavy (non-hydrogen) atoms. The van der Waals surface area contributed by atoms with Gasteiger partial charge in [0.2, 0.25) is 0 Å². The first kappa shape index (κ1) is 17.2. The lowest BCUT2D eigenvalue weighted by Gasteiger charge is -2.12. The van der Waals surface area contributed by atoms with Crippen LogP contribution in [0, 0.1) is 0 Å². The van der Waals surface area contributed by atoms with Crippen molar-refractivity contribution in [3.8, 4) is 11.5 Å². The molecule has 0 saturated carbocycles. The van der Waals surface area contributed by atoms with Crippen LogP contribution in [0.2, 0.25) is 0 Å². The van der Waals surface area contributed by atoms with E-state index in [1.165, 1.54) is 6.21 Å². The van der Waals surface area contributed by atoms with Crippen molar-refractivity contribution >= 4 is 45.4 Å². The number of ether oxygens (including phenoxy) is 2. The smallest absolute Gasteiger partial charge is 0.255 e. The van der Waals surface area contributed by atoms with Crippen molar-refractivity contribution in [1.82, 2.24) is 5.43 Å². The number of carbonyl (C=O) groups is 1. The zero-order chi connectivity index (χ0) is 15.8. The molecule has 0 fully saturated rings. The molecular weight excluding hydrogens is 360 g/mol. The van der Waals surface area contributed by atoms with Crippen LogP contribution in [0.25, 0.3) is 0 Å². The molecule has 5 N–H and O–H groups in total. The van der Waals surface area contributed by atoms with Crippen molar-refractivity contribution in [3.05, 3.63) is 22.2 Å². The van der Waals surface area contributed by atoms with E-state index in [-0.39, 0.29) is 11.7 Å². The monoisotopic (exact) mass is 374 g/mol. The molecule has 0 aromatic heterocycles. The van der Waals surface area contributed by atoms with Crippen molar-refractivity contribution in [2.45, 2.75) is 6.92 Å². The fraction of sp³-hybridized carbons (Fsp3) is 0.250. The number of hydrogen-bond acceptors (Lipinski definition) is 5. The molecule has 0 aliphatic carbocycles. The fourth-order valence-corrected chi connectivity index (χ4v) is 1.82. The zero-order valence-corrected chi connectivity index (χ0v) is 13.7. The van der Waals surface area contributed by atoms with E-state index in [4.69, 9.17) is 20.9 Å². The van der Waals surface area contributed by atoms with Crippen LogP contribution < -0.4 is 26.4 Å². The van der Waals surface area contributed by atoms with E-state index in [0.717, 1.165) is 0 Å². The Morgan fingerprint density at radius 2 is 2.10 bits per heavy atom. The number of nitrogens with zero attached hydrogens (tertiary/aromatic N) is 1. The van der Waals surface area contributed by atoms with Crippen molar-refractivity contribution in [2.24, 2.45) is 16.6 Å². The predicted octanol–water partition coefficient (Wildman–Crippen LogP) is 0.879. The van der Waals surface area contributed by atoms with E-state index in [0.29, 0.717) is 28.1 Å². The normalized spacial score (nSPS) is 10.4. The third-order valence-electron chi connectivity index (χ3n) is 2.11. The minimum absolute atomic E-state index is 0.0637. The summed E-state index contributed by atoms with van der Waals surface area (Å²) >= 11 is 8.02. The zero-order valence-electron chi connectivity index (χ0n) is 11.3.